The number of carbonyl (C=O) groups is 2. The predicted molar refractivity (Wildman–Crippen MR) is 49.9 cm³/mol. The van der Waals surface area contributed by atoms with E-state index < -0.39 is 29.5 Å². The number of ketones is 1. The van der Waals surface area contributed by atoms with Gasteiger partial charge in [0, 0.05) is 0 Å². The molecule has 0 aromatic heterocycles. The van der Waals surface area contributed by atoms with Gasteiger partial charge >= 0.3 is 5.97 Å². The number of para-hydroxylation sites is 1. The summed E-state index contributed by atoms with van der Waals surface area (Å²) in [6.45, 7) is 0. The smallest absolute Gasteiger partial charge is 0.377 e. The highest BCUT2D eigenvalue weighted by Gasteiger charge is 2.24. The summed E-state index contributed by atoms with van der Waals surface area (Å²) in [5.41, 5.74) is -0.887. The van der Waals surface area contributed by atoms with Crippen molar-refractivity contribution in [3.8, 4) is 5.75 Å². The summed E-state index contributed by atoms with van der Waals surface area (Å²) in [6, 6.07) is 3.38. The molecule has 0 atom stereocenters. The normalized spacial score (nSPS) is 10.2. The summed E-state index contributed by atoms with van der Waals surface area (Å²) >= 11 is 0. The van der Waals surface area contributed by atoms with Gasteiger partial charge in [0.2, 0.25) is 0 Å². The predicted octanol–water partition coefficient (Wildman–Crippen LogP) is 1.90. The van der Waals surface area contributed by atoms with Crippen LogP contribution >= 0.6 is 0 Å². The first kappa shape index (κ1) is 12.1. The quantitative estimate of drug-likeness (QED) is 0.633. The highest BCUT2D eigenvalue weighted by atomic mass is 19.3. The number of ether oxygens (including phenoxy) is 1. The number of methoxy groups -OCH3 is 1. The molecular weight excluding hydrogens is 222 g/mol. The molecule has 4 nitrogen and oxygen atoms in total. The Morgan fingerprint density at radius 1 is 1.38 bits per heavy atom. The van der Waals surface area contributed by atoms with Crippen molar-refractivity contribution in [1.29, 1.82) is 0 Å². The number of carboxylic acid groups (broad SMARTS) is 1. The summed E-state index contributed by atoms with van der Waals surface area (Å²) in [5.74, 6) is -3.39. The highest BCUT2D eigenvalue weighted by molar-refractivity contribution is 6.40. The van der Waals surface area contributed by atoms with Crippen LogP contribution in [-0.2, 0) is 4.79 Å². The molecule has 0 unspecified atom stereocenters. The van der Waals surface area contributed by atoms with E-state index >= 15 is 0 Å². The number of benzene rings is 1. The molecule has 0 heterocycles. The summed E-state index contributed by atoms with van der Waals surface area (Å²) in [7, 11) is 1.10. The molecule has 0 saturated heterocycles. The van der Waals surface area contributed by atoms with Crippen molar-refractivity contribution in [1.82, 2.24) is 0 Å². The lowest BCUT2D eigenvalue weighted by Gasteiger charge is -2.10. The average Bonchev–Trinajstić information content (AvgIpc) is 2.26. The van der Waals surface area contributed by atoms with Crippen LogP contribution in [0.3, 0.4) is 0 Å². The number of aliphatic carboxylic acids is 1. The van der Waals surface area contributed by atoms with Crippen LogP contribution in [0.5, 0.6) is 5.75 Å². The highest BCUT2D eigenvalue weighted by Crippen LogP contribution is 2.32. The molecule has 86 valence electrons. The van der Waals surface area contributed by atoms with Crippen LogP contribution in [0.15, 0.2) is 18.2 Å². The van der Waals surface area contributed by atoms with Crippen LogP contribution in [0, 0.1) is 0 Å². The number of hydrogen-bond donors (Lipinski definition) is 1. The third kappa shape index (κ3) is 2.16. The van der Waals surface area contributed by atoms with E-state index in [4.69, 9.17) is 5.11 Å². The van der Waals surface area contributed by atoms with E-state index in [0.717, 1.165) is 19.2 Å². The molecule has 1 aromatic carbocycles. The summed E-state index contributed by atoms with van der Waals surface area (Å²) < 4.78 is 29.7. The van der Waals surface area contributed by atoms with Crippen LogP contribution in [-0.4, -0.2) is 24.0 Å². The maximum atomic E-state index is 12.5. The molecule has 1 rings (SSSR count). The fourth-order valence-electron chi connectivity index (χ4n) is 1.25. The molecule has 0 aliphatic carbocycles. The number of Topliss-reactive ketones (excluding diaryl/α,β-unsaturated/α-hetero) is 1. The fourth-order valence-corrected chi connectivity index (χ4v) is 1.25. The Hall–Kier alpha value is -1.98. The van der Waals surface area contributed by atoms with Crippen LogP contribution in [0.25, 0.3) is 0 Å². The van der Waals surface area contributed by atoms with E-state index in [-0.39, 0.29) is 5.56 Å². The summed E-state index contributed by atoms with van der Waals surface area (Å²) in [5, 5.41) is 8.49. The molecule has 0 aliphatic rings. The number of halogens is 2. The van der Waals surface area contributed by atoms with Crippen molar-refractivity contribution in [2.75, 3.05) is 7.11 Å². The van der Waals surface area contributed by atoms with Gasteiger partial charge in [-0.15, -0.1) is 0 Å². The van der Waals surface area contributed by atoms with Crippen LogP contribution in [0.2, 0.25) is 0 Å². The molecule has 1 aromatic rings. The topological polar surface area (TPSA) is 63.6 Å². The van der Waals surface area contributed by atoms with Gasteiger partial charge in [-0.2, -0.15) is 0 Å². The van der Waals surface area contributed by atoms with E-state index in [0.29, 0.717) is 0 Å². The van der Waals surface area contributed by atoms with Gasteiger partial charge in [-0.25, -0.2) is 13.6 Å². The first-order valence-electron chi connectivity index (χ1n) is 4.21. The molecule has 6 heteroatoms. The Morgan fingerprint density at radius 3 is 2.44 bits per heavy atom. The third-order valence-electron chi connectivity index (χ3n) is 1.92. The lowest BCUT2D eigenvalue weighted by molar-refractivity contribution is -0.131. The van der Waals surface area contributed by atoms with E-state index in [1.165, 1.54) is 6.07 Å². The number of carboxylic acids is 1. The van der Waals surface area contributed by atoms with E-state index in [2.05, 4.69) is 4.74 Å². The second kappa shape index (κ2) is 4.69. The zero-order chi connectivity index (χ0) is 12.3. The van der Waals surface area contributed by atoms with Gasteiger partial charge in [0.05, 0.1) is 18.2 Å². The lowest BCUT2D eigenvalue weighted by atomic mass is 10.1. The Kier molecular flexibility index (Phi) is 3.55. The number of hydrogen-bond acceptors (Lipinski definition) is 3. The Balaban J connectivity index is 3.35. The maximum absolute atomic E-state index is 12.5. The molecular formula is C10H8F2O4. The molecule has 1 N–H and O–H groups in total. The Bertz CT molecular complexity index is 429. The standard InChI is InChI=1S/C10H8F2O4/c1-16-8-5(7(13)10(14)15)3-2-4-6(8)9(11)12/h2-4,9H,1H3,(H,14,15). The molecule has 0 radical (unpaired) electrons. The average molecular weight is 230 g/mol. The molecule has 0 spiro atoms. The van der Waals surface area contributed by atoms with Crippen molar-refractivity contribution in [3.05, 3.63) is 29.3 Å². The second-order valence-corrected chi connectivity index (χ2v) is 2.86. The van der Waals surface area contributed by atoms with Crippen LogP contribution < -0.4 is 4.74 Å². The first-order chi connectivity index (χ1) is 7.49. The van der Waals surface area contributed by atoms with Gasteiger partial charge in [-0.1, -0.05) is 6.07 Å². The SMILES string of the molecule is COc1c(C(=O)C(=O)O)cccc1C(F)F. The molecule has 0 bridgehead atoms. The van der Waals surface area contributed by atoms with E-state index in [1.807, 2.05) is 0 Å². The second-order valence-electron chi connectivity index (χ2n) is 2.86. The largest absolute Gasteiger partial charge is 0.495 e. The minimum atomic E-state index is -2.84. The fraction of sp³-hybridized carbons (Fsp3) is 0.200. The zero-order valence-electron chi connectivity index (χ0n) is 8.24. The number of alkyl halides is 2. The Morgan fingerprint density at radius 2 is 2.00 bits per heavy atom. The maximum Gasteiger partial charge on any atom is 0.377 e. The van der Waals surface area contributed by atoms with E-state index in [1.54, 1.807) is 0 Å². The van der Waals surface area contributed by atoms with Gasteiger partial charge in [-0.05, 0) is 12.1 Å². The van der Waals surface area contributed by atoms with Gasteiger partial charge in [0.25, 0.3) is 12.2 Å². The first-order valence-corrected chi connectivity index (χ1v) is 4.21. The minimum absolute atomic E-state index is 0.382. The van der Waals surface area contributed by atoms with Gasteiger partial charge in [-0.3, -0.25) is 4.79 Å². The molecule has 16 heavy (non-hydrogen) atoms. The third-order valence-corrected chi connectivity index (χ3v) is 1.92. The van der Waals surface area contributed by atoms with Crippen LogP contribution in [0.1, 0.15) is 22.3 Å². The molecule has 0 amide bonds. The summed E-state index contributed by atoms with van der Waals surface area (Å²) in [4.78, 5) is 21.6. The molecule has 0 aliphatic heterocycles. The number of carbonyl (C=O) groups excluding carboxylic acids is 1. The van der Waals surface area contributed by atoms with Crippen molar-refractivity contribution in [3.63, 3.8) is 0 Å². The van der Waals surface area contributed by atoms with Crippen molar-refractivity contribution < 1.29 is 28.2 Å². The number of rotatable bonds is 4. The van der Waals surface area contributed by atoms with Gasteiger partial charge < -0.3 is 9.84 Å². The van der Waals surface area contributed by atoms with E-state index in [9.17, 15) is 18.4 Å². The van der Waals surface area contributed by atoms with Crippen molar-refractivity contribution in [2.45, 2.75) is 6.43 Å². The van der Waals surface area contributed by atoms with Gasteiger partial charge in [0.15, 0.2) is 0 Å². The zero-order valence-corrected chi connectivity index (χ0v) is 8.24. The lowest BCUT2D eigenvalue weighted by Crippen LogP contribution is -2.14. The summed E-state index contributed by atoms with van der Waals surface area (Å²) in [6.07, 6.45) is -2.84. The Labute approximate surface area is 89.5 Å². The van der Waals surface area contributed by atoms with Crippen LogP contribution in [0.4, 0.5) is 8.78 Å². The minimum Gasteiger partial charge on any atom is -0.495 e. The molecule has 0 fully saturated rings. The monoisotopic (exact) mass is 230 g/mol. The van der Waals surface area contributed by atoms with Crippen molar-refractivity contribution in [2.24, 2.45) is 0 Å². The van der Waals surface area contributed by atoms with Gasteiger partial charge in [0.1, 0.15) is 5.75 Å². The van der Waals surface area contributed by atoms with Crippen molar-refractivity contribution >= 4 is 11.8 Å². The molecule has 0 saturated carbocycles.